The van der Waals surface area contributed by atoms with Gasteiger partial charge < -0.3 is 11.1 Å². The molecular weight excluding hydrogens is 282 g/mol. The van der Waals surface area contributed by atoms with Crippen LogP contribution in [0.15, 0.2) is 22.7 Å². The van der Waals surface area contributed by atoms with Crippen LogP contribution in [0.4, 0.5) is 5.69 Å². The van der Waals surface area contributed by atoms with E-state index >= 15 is 0 Å². The lowest BCUT2D eigenvalue weighted by Crippen LogP contribution is -2.32. The van der Waals surface area contributed by atoms with Gasteiger partial charge in [-0.05, 0) is 30.2 Å². The number of rotatable bonds is 2. The van der Waals surface area contributed by atoms with Gasteiger partial charge in [-0.3, -0.25) is 9.69 Å². The largest absolute Gasteiger partial charge is 0.399 e. The predicted octanol–water partition coefficient (Wildman–Crippen LogP) is 1.35. The van der Waals surface area contributed by atoms with Gasteiger partial charge in [-0.1, -0.05) is 15.9 Å². The average Bonchev–Trinajstić information content (AvgIpc) is 2.41. The topological polar surface area (TPSA) is 58.4 Å². The molecule has 0 aromatic heterocycles. The van der Waals surface area contributed by atoms with Gasteiger partial charge in [0.1, 0.15) is 0 Å². The summed E-state index contributed by atoms with van der Waals surface area (Å²) in [5.74, 6) is 0.102. The number of hydrogen-bond donors (Lipinski definition) is 2. The van der Waals surface area contributed by atoms with E-state index in [4.69, 9.17) is 5.73 Å². The van der Waals surface area contributed by atoms with Crippen molar-refractivity contribution in [1.82, 2.24) is 10.2 Å². The average molecular weight is 298 g/mol. The number of carbonyl (C=O) groups is 1. The third-order valence-corrected chi connectivity index (χ3v) is 3.18. The molecule has 0 bridgehead atoms. The first kappa shape index (κ1) is 12.4. The summed E-state index contributed by atoms with van der Waals surface area (Å²) in [6, 6.07) is 5.87. The van der Waals surface area contributed by atoms with Crippen LogP contribution in [0.1, 0.15) is 12.0 Å². The van der Waals surface area contributed by atoms with Crippen LogP contribution in [-0.4, -0.2) is 30.4 Å². The highest BCUT2D eigenvalue weighted by Gasteiger charge is 2.14. The minimum atomic E-state index is 0.102. The molecule has 1 aromatic rings. The monoisotopic (exact) mass is 297 g/mol. The predicted molar refractivity (Wildman–Crippen MR) is 71.5 cm³/mol. The molecule has 1 saturated heterocycles. The summed E-state index contributed by atoms with van der Waals surface area (Å²) in [4.78, 5) is 13.6. The zero-order valence-electron chi connectivity index (χ0n) is 9.58. The fraction of sp³-hybridized carbons (Fsp3) is 0.417. The Morgan fingerprint density at radius 3 is 3.00 bits per heavy atom. The number of nitrogens with two attached hydrogens (primary N) is 1. The maximum Gasteiger partial charge on any atom is 0.234 e. The Kier molecular flexibility index (Phi) is 4.02. The van der Waals surface area contributed by atoms with Crippen molar-refractivity contribution in [2.24, 2.45) is 0 Å². The van der Waals surface area contributed by atoms with E-state index < -0.39 is 0 Å². The van der Waals surface area contributed by atoms with Gasteiger partial charge in [0.2, 0.25) is 5.91 Å². The molecule has 5 heteroatoms. The van der Waals surface area contributed by atoms with E-state index in [0.29, 0.717) is 6.54 Å². The third-order valence-electron chi connectivity index (χ3n) is 2.73. The Morgan fingerprint density at radius 1 is 1.41 bits per heavy atom. The molecule has 1 aliphatic heterocycles. The summed E-state index contributed by atoms with van der Waals surface area (Å²) in [5.41, 5.74) is 7.67. The molecule has 17 heavy (non-hydrogen) atoms. The van der Waals surface area contributed by atoms with Crippen LogP contribution >= 0.6 is 15.9 Å². The van der Waals surface area contributed by atoms with Crippen LogP contribution in [0.2, 0.25) is 0 Å². The third kappa shape index (κ3) is 3.71. The Labute approximate surface area is 109 Å². The van der Waals surface area contributed by atoms with Crippen LogP contribution in [0.25, 0.3) is 0 Å². The molecule has 1 heterocycles. The highest BCUT2D eigenvalue weighted by molar-refractivity contribution is 9.10. The van der Waals surface area contributed by atoms with Crippen molar-refractivity contribution in [1.29, 1.82) is 0 Å². The van der Waals surface area contributed by atoms with E-state index in [-0.39, 0.29) is 5.91 Å². The van der Waals surface area contributed by atoms with Crippen molar-refractivity contribution >= 4 is 27.5 Å². The minimum Gasteiger partial charge on any atom is -0.399 e. The van der Waals surface area contributed by atoms with Gasteiger partial charge in [0.05, 0.1) is 6.54 Å². The molecular formula is C12H16BrN3O. The first-order chi connectivity index (χ1) is 8.13. The van der Waals surface area contributed by atoms with E-state index in [1.165, 1.54) is 0 Å². The fourth-order valence-electron chi connectivity index (χ4n) is 2.03. The SMILES string of the molecule is Nc1cc(Br)cc(CN2CCCNC(=O)C2)c1. The van der Waals surface area contributed by atoms with Crippen LogP contribution in [0.3, 0.4) is 0 Å². The Bertz CT molecular complexity index is 402. The van der Waals surface area contributed by atoms with Crippen LogP contribution in [-0.2, 0) is 11.3 Å². The second-order valence-corrected chi connectivity index (χ2v) is 5.22. The number of carbonyl (C=O) groups excluding carboxylic acids is 1. The number of anilines is 1. The summed E-state index contributed by atoms with van der Waals surface area (Å²) < 4.78 is 0.978. The highest BCUT2D eigenvalue weighted by Crippen LogP contribution is 2.18. The molecule has 92 valence electrons. The van der Waals surface area contributed by atoms with Crippen LogP contribution in [0.5, 0.6) is 0 Å². The standard InChI is InChI=1S/C12H16BrN3O/c13-10-4-9(5-11(14)6-10)7-16-3-1-2-15-12(17)8-16/h4-6H,1-3,7-8,14H2,(H,15,17). The summed E-state index contributed by atoms with van der Waals surface area (Å²) in [7, 11) is 0. The molecule has 0 saturated carbocycles. The summed E-state index contributed by atoms with van der Waals surface area (Å²) >= 11 is 3.43. The van der Waals surface area contributed by atoms with E-state index in [2.05, 4.69) is 26.1 Å². The molecule has 4 nitrogen and oxygen atoms in total. The van der Waals surface area contributed by atoms with Crippen molar-refractivity contribution in [2.75, 3.05) is 25.4 Å². The van der Waals surface area contributed by atoms with Crippen molar-refractivity contribution < 1.29 is 4.79 Å². The molecule has 0 aliphatic carbocycles. The number of nitrogens with one attached hydrogen (secondary N) is 1. The number of nitrogens with zero attached hydrogens (tertiary/aromatic N) is 1. The van der Waals surface area contributed by atoms with E-state index in [9.17, 15) is 4.79 Å². The normalized spacial score (nSPS) is 17.6. The Balaban J connectivity index is 2.06. The highest BCUT2D eigenvalue weighted by atomic mass is 79.9. The molecule has 1 amide bonds. The van der Waals surface area contributed by atoms with Crippen LogP contribution < -0.4 is 11.1 Å². The number of hydrogen-bond acceptors (Lipinski definition) is 3. The minimum absolute atomic E-state index is 0.102. The number of nitrogen functional groups attached to an aromatic ring is 1. The second kappa shape index (κ2) is 5.51. The maximum absolute atomic E-state index is 11.4. The fourth-order valence-corrected chi connectivity index (χ4v) is 2.59. The van der Waals surface area contributed by atoms with Crippen molar-refractivity contribution in [3.8, 4) is 0 Å². The number of halogens is 1. The van der Waals surface area contributed by atoms with Crippen molar-refractivity contribution in [2.45, 2.75) is 13.0 Å². The lowest BCUT2D eigenvalue weighted by molar-refractivity contribution is -0.121. The van der Waals surface area contributed by atoms with Gasteiger partial charge in [0.15, 0.2) is 0 Å². The summed E-state index contributed by atoms with van der Waals surface area (Å²) in [6.45, 7) is 2.94. The zero-order valence-corrected chi connectivity index (χ0v) is 11.2. The van der Waals surface area contributed by atoms with Gasteiger partial charge >= 0.3 is 0 Å². The van der Waals surface area contributed by atoms with Crippen molar-refractivity contribution in [3.63, 3.8) is 0 Å². The van der Waals surface area contributed by atoms with Gasteiger partial charge in [-0.2, -0.15) is 0 Å². The maximum atomic E-state index is 11.4. The molecule has 0 radical (unpaired) electrons. The summed E-state index contributed by atoms with van der Waals surface area (Å²) in [6.07, 6.45) is 0.995. The molecule has 0 unspecified atom stereocenters. The number of amides is 1. The van der Waals surface area contributed by atoms with E-state index in [0.717, 1.165) is 41.8 Å². The van der Waals surface area contributed by atoms with Gasteiger partial charge in [-0.25, -0.2) is 0 Å². The van der Waals surface area contributed by atoms with Crippen molar-refractivity contribution in [3.05, 3.63) is 28.2 Å². The quantitative estimate of drug-likeness (QED) is 0.810. The summed E-state index contributed by atoms with van der Waals surface area (Å²) in [5, 5.41) is 2.87. The van der Waals surface area contributed by atoms with E-state index in [1.807, 2.05) is 18.2 Å². The van der Waals surface area contributed by atoms with Crippen LogP contribution in [0, 0.1) is 0 Å². The zero-order chi connectivity index (χ0) is 12.3. The lowest BCUT2D eigenvalue weighted by Gasteiger charge is -2.18. The Morgan fingerprint density at radius 2 is 2.24 bits per heavy atom. The molecule has 2 rings (SSSR count). The smallest absolute Gasteiger partial charge is 0.234 e. The first-order valence-corrected chi connectivity index (χ1v) is 6.47. The van der Waals surface area contributed by atoms with E-state index in [1.54, 1.807) is 0 Å². The van der Waals surface area contributed by atoms with Gasteiger partial charge in [0.25, 0.3) is 0 Å². The molecule has 1 aromatic carbocycles. The molecule has 0 atom stereocenters. The lowest BCUT2D eigenvalue weighted by atomic mass is 10.2. The van der Waals surface area contributed by atoms with Gasteiger partial charge in [0, 0.05) is 29.8 Å². The molecule has 3 N–H and O–H groups in total. The first-order valence-electron chi connectivity index (χ1n) is 5.67. The van der Waals surface area contributed by atoms with Gasteiger partial charge in [-0.15, -0.1) is 0 Å². The number of benzene rings is 1. The molecule has 1 fully saturated rings. The molecule has 1 aliphatic rings. The Hall–Kier alpha value is -1.07. The second-order valence-electron chi connectivity index (χ2n) is 4.31. The molecule has 0 spiro atoms.